The topological polar surface area (TPSA) is 67.1 Å². The van der Waals surface area contributed by atoms with Gasteiger partial charge in [0.25, 0.3) is 0 Å². The number of hydrogen-bond donors (Lipinski definition) is 1. The zero-order chi connectivity index (χ0) is 14.5. The Morgan fingerprint density at radius 2 is 2.15 bits per heavy atom. The van der Waals surface area contributed by atoms with Crippen molar-refractivity contribution in [2.24, 2.45) is 0 Å². The third-order valence-electron chi connectivity index (χ3n) is 2.84. The highest BCUT2D eigenvalue weighted by atomic mass is 35.5. The van der Waals surface area contributed by atoms with Crippen molar-refractivity contribution in [1.82, 2.24) is 15.0 Å². The highest BCUT2D eigenvalue weighted by Gasteiger charge is 2.11. The maximum atomic E-state index is 5.94. The lowest BCUT2D eigenvalue weighted by Gasteiger charge is -2.17. The van der Waals surface area contributed by atoms with Crippen molar-refractivity contribution in [2.45, 2.75) is 26.8 Å². The first kappa shape index (κ1) is 14.6. The average Bonchev–Trinajstić information content (AvgIpc) is 2.81. The van der Waals surface area contributed by atoms with Crippen LogP contribution in [-0.2, 0) is 6.54 Å². The van der Waals surface area contributed by atoms with Gasteiger partial charge in [0, 0.05) is 25.7 Å². The van der Waals surface area contributed by atoms with Gasteiger partial charge in [-0.3, -0.25) is 0 Å². The number of halogens is 1. The van der Waals surface area contributed by atoms with Gasteiger partial charge in [-0.2, -0.15) is 15.0 Å². The molecule has 0 radical (unpaired) electrons. The van der Waals surface area contributed by atoms with Crippen LogP contribution in [0.3, 0.4) is 0 Å². The second-order valence-electron chi connectivity index (χ2n) is 4.51. The Bertz CT molecular complexity index is 572. The highest BCUT2D eigenvalue weighted by Crippen LogP contribution is 2.17. The number of nitrogens with zero attached hydrogens (tertiary/aromatic N) is 4. The van der Waals surface area contributed by atoms with E-state index in [0.29, 0.717) is 18.4 Å². The van der Waals surface area contributed by atoms with E-state index in [4.69, 9.17) is 16.0 Å². The lowest BCUT2D eigenvalue weighted by Crippen LogP contribution is -2.20. The summed E-state index contributed by atoms with van der Waals surface area (Å²) in [5.41, 5.74) is 1.09. The number of rotatable bonds is 6. The fourth-order valence-electron chi connectivity index (χ4n) is 1.73. The molecule has 2 heterocycles. The van der Waals surface area contributed by atoms with Crippen molar-refractivity contribution < 1.29 is 4.42 Å². The Labute approximate surface area is 123 Å². The molecular weight excluding hydrogens is 278 g/mol. The van der Waals surface area contributed by atoms with Crippen LogP contribution in [0.5, 0.6) is 0 Å². The molecule has 0 aliphatic rings. The van der Waals surface area contributed by atoms with Gasteiger partial charge >= 0.3 is 0 Å². The Balaban J connectivity index is 2.14. The minimum absolute atomic E-state index is 0.185. The maximum Gasteiger partial charge on any atom is 0.231 e. The van der Waals surface area contributed by atoms with E-state index in [1.54, 1.807) is 6.26 Å². The summed E-state index contributed by atoms with van der Waals surface area (Å²) in [6.07, 6.45) is 2.66. The zero-order valence-corrected chi connectivity index (χ0v) is 12.6. The first-order chi connectivity index (χ1) is 9.60. The Hall–Kier alpha value is -1.82. The molecule has 0 fully saturated rings. The normalized spacial score (nSPS) is 10.6. The molecule has 0 spiro atoms. The van der Waals surface area contributed by atoms with Gasteiger partial charge in [0.15, 0.2) is 0 Å². The molecule has 0 bridgehead atoms. The van der Waals surface area contributed by atoms with Crippen molar-refractivity contribution >= 4 is 23.5 Å². The molecule has 2 aromatic rings. The highest BCUT2D eigenvalue weighted by molar-refractivity contribution is 6.28. The zero-order valence-electron chi connectivity index (χ0n) is 11.9. The molecule has 6 nitrogen and oxygen atoms in total. The van der Waals surface area contributed by atoms with Gasteiger partial charge in [-0.25, -0.2) is 0 Å². The molecule has 2 rings (SSSR count). The van der Waals surface area contributed by atoms with Crippen molar-refractivity contribution in [2.75, 3.05) is 23.8 Å². The molecule has 0 saturated heterocycles. The fourth-order valence-corrected chi connectivity index (χ4v) is 1.88. The summed E-state index contributed by atoms with van der Waals surface area (Å²) in [5, 5.41) is 3.29. The molecule has 1 N–H and O–H groups in total. The van der Waals surface area contributed by atoms with Crippen LogP contribution in [-0.4, -0.2) is 28.5 Å². The van der Waals surface area contributed by atoms with Crippen LogP contribution in [0.1, 0.15) is 24.7 Å². The SMILES string of the molecule is CCCNc1nc(Cl)nc(N(C)Cc2ccoc2C)n1. The van der Waals surface area contributed by atoms with E-state index in [2.05, 4.69) is 27.2 Å². The summed E-state index contributed by atoms with van der Waals surface area (Å²) in [6, 6.07) is 1.94. The van der Waals surface area contributed by atoms with Crippen LogP contribution in [0.2, 0.25) is 5.28 Å². The molecule has 0 unspecified atom stereocenters. The van der Waals surface area contributed by atoms with Crippen molar-refractivity contribution in [3.63, 3.8) is 0 Å². The van der Waals surface area contributed by atoms with E-state index in [1.807, 2.05) is 24.9 Å². The third-order valence-corrected chi connectivity index (χ3v) is 3.01. The fraction of sp³-hybridized carbons (Fsp3) is 0.462. The van der Waals surface area contributed by atoms with Crippen LogP contribution in [0.15, 0.2) is 16.7 Å². The second-order valence-corrected chi connectivity index (χ2v) is 4.85. The molecule has 2 aromatic heterocycles. The summed E-state index contributed by atoms with van der Waals surface area (Å²) >= 11 is 5.94. The van der Waals surface area contributed by atoms with Gasteiger partial charge < -0.3 is 14.6 Å². The minimum Gasteiger partial charge on any atom is -0.469 e. The average molecular weight is 296 g/mol. The van der Waals surface area contributed by atoms with E-state index in [9.17, 15) is 0 Å². The second kappa shape index (κ2) is 6.56. The molecule has 0 aliphatic carbocycles. The predicted molar refractivity (Wildman–Crippen MR) is 79.2 cm³/mol. The third kappa shape index (κ3) is 3.60. The molecule has 0 amide bonds. The molecule has 20 heavy (non-hydrogen) atoms. The molecular formula is C13H18ClN5O. The first-order valence-corrected chi connectivity index (χ1v) is 6.87. The predicted octanol–water partition coefficient (Wildman–Crippen LogP) is 2.88. The van der Waals surface area contributed by atoms with Crippen molar-refractivity contribution in [1.29, 1.82) is 0 Å². The first-order valence-electron chi connectivity index (χ1n) is 6.49. The van der Waals surface area contributed by atoms with Gasteiger partial charge in [0.1, 0.15) is 5.76 Å². The van der Waals surface area contributed by atoms with Gasteiger partial charge in [0.05, 0.1) is 6.26 Å². The number of anilines is 2. The molecule has 0 saturated carbocycles. The van der Waals surface area contributed by atoms with E-state index < -0.39 is 0 Å². The number of aromatic nitrogens is 3. The molecule has 0 atom stereocenters. The minimum atomic E-state index is 0.185. The van der Waals surface area contributed by atoms with E-state index >= 15 is 0 Å². The van der Waals surface area contributed by atoms with Crippen LogP contribution >= 0.6 is 11.6 Å². The Morgan fingerprint density at radius 3 is 2.80 bits per heavy atom. The quantitative estimate of drug-likeness (QED) is 0.884. The summed E-state index contributed by atoms with van der Waals surface area (Å²) in [6.45, 7) is 5.45. The number of aryl methyl sites for hydroxylation is 1. The summed E-state index contributed by atoms with van der Waals surface area (Å²) < 4.78 is 5.28. The Morgan fingerprint density at radius 1 is 1.35 bits per heavy atom. The number of hydrogen-bond acceptors (Lipinski definition) is 6. The van der Waals surface area contributed by atoms with E-state index in [-0.39, 0.29) is 5.28 Å². The van der Waals surface area contributed by atoms with Crippen LogP contribution in [0.25, 0.3) is 0 Å². The van der Waals surface area contributed by atoms with E-state index in [0.717, 1.165) is 24.3 Å². The summed E-state index contributed by atoms with van der Waals surface area (Å²) in [4.78, 5) is 14.5. The largest absolute Gasteiger partial charge is 0.469 e. The number of furan rings is 1. The maximum absolute atomic E-state index is 5.94. The smallest absolute Gasteiger partial charge is 0.231 e. The Kier molecular flexibility index (Phi) is 4.79. The summed E-state index contributed by atoms with van der Waals surface area (Å²) in [7, 11) is 1.90. The van der Waals surface area contributed by atoms with Gasteiger partial charge in [-0.1, -0.05) is 6.92 Å². The standard InChI is InChI=1S/C13H18ClN5O/c1-4-6-15-12-16-11(14)17-13(18-12)19(3)8-10-5-7-20-9(10)2/h5,7H,4,6,8H2,1-3H3,(H,15,16,17,18). The molecule has 0 aliphatic heterocycles. The van der Waals surface area contributed by atoms with Crippen LogP contribution in [0.4, 0.5) is 11.9 Å². The van der Waals surface area contributed by atoms with Gasteiger partial charge in [0.2, 0.25) is 17.2 Å². The molecule has 108 valence electrons. The van der Waals surface area contributed by atoms with E-state index in [1.165, 1.54) is 0 Å². The van der Waals surface area contributed by atoms with Crippen molar-refractivity contribution in [3.8, 4) is 0 Å². The lowest BCUT2D eigenvalue weighted by molar-refractivity contribution is 0.529. The molecule has 7 heteroatoms. The molecule has 0 aromatic carbocycles. The van der Waals surface area contributed by atoms with Crippen LogP contribution < -0.4 is 10.2 Å². The number of nitrogens with one attached hydrogen (secondary N) is 1. The van der Waals surface area contributed by atoms with Gasteiger partial charge in [-0.15, -0.1) is 0 Å². The van der Waals surface area contributed by atoms with Crippen LogP contribution in [0, 0.1) is 6.92 Å². The lowest BCUT2D eigenvalue weighted by atomic mass is 10.2. The summed E-state index contributed by atoms with van der Waals surface area (Å²) in [5.74, 6) is 1.92. The van der Waals surface area contributed by atoms with Crippen molar-refractivity contribution in [3.05, 3.63) is 28.9 Å². The van der Waals surface area contributed by atoms with Gasteiger partial charge in [-0.05, 0) is 31.0 Å². The monoisotopic (exact) mass is 295 g/mol.